The minimum Gasteiger partial charge on any atom is -0.396 e. The summed E-state index contributed by atoms with van der Waals surface area (Å²) in [7, 11) is 1.80. The van der Waals surface area contributed by atoms with Gasteiger partial charge >= 0.3 is 0 Å². The molecule has 7 heteroatoms. The van der Waals surface area contributed by atoms with Crippen LogP contribution >= 0.6 is 0 Å². The number of aromatic amines is 1. The lowest BCUT2D eigenvalue weighted by Gasteiger charge is -2.36. The van der Waals surface area contributed by atoms with Gasteiger partial charge in [-0.2, -0.15) is 5.10 Å². The van der Waals surface area contributed by atoms with Gasteiger partial charge in [-0.15, -0.1) is 0 Å². The van der Waals surface area contributed by atoms with Gasteiger partial charge in [-0.3, -0.25) is 14.4 Å². The first-order chi connectivity index (χ1) is 13.6. The highest BCUT2D eigenvalue weighted by Gasteiger charge is 2.55. The Morgan fingerprint density at radius 2 is 2.11 bits per heavy atom. The molecule has 0 unspecified atom stereocenters. The highest BCUT2D eigenvalue weighted by atomic mass is 16.3. The molecule has 2 bridgehead atoms. The van der Waals surface area contributed by atoms with Crippen molar-refractivity contribution >= 4 is 11.0 Å². The van der Waals surface area contributed by atoms with Crippen LogP contribution < -0.4 is 5.56 Å². The predicted molar refractivity (Wildman–Crippen MR) is 106 cm³/mol. The lowest BCUT2D eigenvalue weighted by molar-refractivity contribution is 0.0744. The summed E-state index contributed by atoms with van der Waals surface area (Å²) in [5.74, 6) is 0.673. The zero-order valence-corrected chi connectivity index (χ0v) is 16.0. The van der Waals surface area contributed by atoms with Gasteiger partial charge in [0.15, 0.2) is 5.65 Å². The highest BCUT2D eigenvalue weighted by Crippen LogP contribution is 2.51. The van der Waals surface area contributed by atoms with Gasteiger partial charge in [0.2, 0.25) is 0 Å². The van der Waals surface area contributed by atoms with Crippen molar-refractivity contribution in [2.75, 3.05) is 6.61 Å². The van der Waals surface area contributed by atoms with E-state index in [4.69, 9.17) is 0 Å². The largest absolute Gasteiger partial charge is 0.396 e. The summed E-state index contributed by atoms with van der Waals surface area (Å²) in [5.41, 5.74) is 1.62. The summed E-state index contributed by atoms with van der Waals surface area (Å²) < 4.78 is 1.64. The van der Waals surface area contributed by atoms with E-state index in [9.17, 15) is 9.90 Å². The smallest absolute Gasteiger partial charge is 0.262 e. The van der Waals surface area contributed by atoms with Crippen molar-refractivity contribution in [3.63, 3.8) is 0 Å². The first-order valence-electron chi connectivity index (χ1n) is 9.91. The van der Waals surface area contributed by atoms with Crippen molar-refractivity contribution in [3.05, 3.63) is 58.3 Å². The second kappa shape index (κ2) is 6.53. The number of aryl methyl sites for hydroxylation is 1. The number of aliphatic hydroxyl groups is 1. The molecule has 0 radical (unpaired) electrons. The van der Waals surface area contributed by atoms with Gasteiger partial charge < -0.3 is 10.1 Å². The van der Waals surface area contributed by atoms with E-state index in [1.165, 1.54) is 5.56 Å². The first kappa shape index (κ1) is 17.6. The molecule has 4 heterocycles. The minimum atomic E-state index is -0.141. The molecule has 2 aliphatic heterocycles. The lowest BCUT2D eigenvalue weighted by Crippen LogP contribution is -2.42. The van der Waals surface area contributed by atoms with Crippen molar-refractivity contribution in [1.29, 1.82) is 0 Å². The maximum atomic E-state index is 12.4. The van der Waals surface area contributed by atoms with Crippen LogP contribution in [0.2, 0.25) is 0 Å². The molecule has 2 saturated heterocycles. The molecule has 2 N–H and O–H groups in total. The molecule has 0 aliphatic carbocycles. The van der Waals surface area contributed by atoms with Crippen molar-refractivity contribution in [2.24, 2.45) is 12.5 Å². The molecule has 1 aromatic carbocycles. The Balaban J connectivity index is 1.44. The molecule has 3 aromatic rings. The summed E-state index contributed by atoms with van der Waals surface area (Å²) in [6.45, 7) is 0.784. The van der Waals surface area contributed by atoms with E-state index < -0.39 is 0 Å². The number of hydrogen-bond acceptors (Lipinski definition) is 5. The number of fused-ring (bicyclic) bond motifs is 3. The molecule has 0 amide bonds. The quantitative estimate of drug-likeness (QED) is 0.703. The van der Waals surface area contributed by atoms with Crippen LogP contribution in [0, 0.1) is 5.41 Å². The second-order valence-electron chi connectivity index (χ2n) is 8.32. The Labute approximate surface area is 163 Å². The molecule has 28 heavy (non-hydrogen) atoms. The number of benzene rings is 1. The fourth-order valence-electron chi connectivity index (χ4n) is 5.40. The normalized spacial score (nSPS) is 27.1. The van der Waals surface area contributed by atoms with Crippen LogP contribution in [0.1, 0.15) is 30.7 Å². The third-order valence-corrected chi connectivity index (χ3v) is 6.69. The third-order valence-electron chi connectivity index (χ3n) is 6.69. The van der Waals surface area contributed by atoms with E-state index in [1.54, 1.807) is 17.9 Å². The first-order valence-corrected chi connectivity index (χ1v) is 9.91. The molecule has 0 saturated carbocycles. The molecule has 5 rings (SSSR count). The van der Waals surface area contributed by atoms with E-state index in [0.717, 1.165) is 25.7 Å². The van der Waals surface area contributed by atoms with Crippen LogP contribution in [0.25, 0.3) is 11.0 Å². The number of nitrogens with one attached hydrogen (secondary N) is 1. The van der Waals surface area contributed by atoms with Crippen molar-refractivity contribution in [2.45, 2.75) is 44.3 Å². The molecule has 2 aromatic heterocycles. The Hall–Kier alpha value is -2.51. The zero-order valence-electron chi connectivity index (χ0n) is 16.0. The van der Waals surface area contributed by atoms with Crippen LogP contribution in [0.15, 0.2) is 41.3 Å². The fraction of sp³-hybridized carbons (Fsp3) is 0.476. The number of aromatic nitrogens is 4. The summed E-state index contributed by atoms with van der Waals surface area (Å²) in [6, 6.07) is 11.2. The summed E-state index contributed by atoms with van der Waals surface area (Å²) in [5, 5.41) is 15.0. The van der Waals surface area contributed by atoms with E-state index in [2.05, 4.69) is 44.2 Å². The minimum absolute atomic E-state index is 0.124. The van der Waals surface area contributed by atoms with Crippen molar-refractivity contribution in [1.82, 2.24) is 24.6 Å². The lowest BCUT2D eigenvalue weighted by atomic mass is 9.70. The molecule has 3 atom stereocenters. The summed E-state index contributed by atoms with van der Waals surface area (Å²) in [4.78, 5) is 22.4. The maximum absolute atomic E-state index is 12.4. The standard InChI is InChI=1S/C21H25N5O2/c1-25-19-16(11-22-25)20(28)24-18(23-19)12-26-15-7-8-17(26)21(10-15,13-27)9-14-5-3-2-4-6-14/h2-6,11,15,17,27H,7-10,12-13H2,1H3,(H,23,24,28)/t15-,17+,21-/m1/s1. The monoisotopic (exact) mass is 379 g/mol. The molecule has 7 nitrogen and oxygen atoms in total. The van der Waals surface area contributed by atoms with E-state index in [0.29, 0.717) is 35.5 Å². The summed E-state index contributed by atoms with van der Waals surface area (Å²) in [6.07, 6.45) is 5.64. The van der Waals surface area contributed by atoms with Crippen LogP contribution in [0.5, 0.6) is 0 Å². The average molecular weight is 379 g/mol. The highest BCUT2D eigenvalue weighted by molar-refractivity contribution is 5.72. The Bertz CT molecular complexity index is 1060. The fourth-order valence-corrected chi connectivity index (χ4v) is 5.40. The van der Waals surface area contributed by atoms with E-state index in [-0.39, 0.29) is 17.6 Å². The van der Waals surface area contributed by atoms with Crippen LogP contribution in [-0.2, 0) is 20.0 Å². The van der Waals surface area contributed by atoms with Gasteiger partial charge in [-0.05, 0) is 31.2 Å². The van der Waals surface area contributed by atoms with Gasteiger partial charge in [0.25, 0.3) is 5.56 Å². The Kier molecular flexibility index (Phi) is 4.10. The van der Waals surface area contributed by atoms with Crippen LogP contribution in [0.4, 0.5) is 0 Å². The topological polar surface area (TPSA) is 87.0 Å². The number of aliphatic hydroxyl groups excluding tert-OH is 1. The molecule has 2 aliphatic rings. The number of nitrogens with zero attached hydrogens (tertiary/aromatic N) is 4. The van der Waals surface area contributed by atoms with Crippen molar-refractivity contribution in [3.8, 4) is 0 Å². The number of hydrogen-bond donors (Lipinski definition) is 2. The van der Waals surface area contributed by atoms with Gasteiger partial charge in [0.1, 0.15) is 11.2 Å². The molecule has 146 valence electrons. The average Bonchev–Trinajstić information content (AvgIpc) is 3.35. The predicted octanol–water partition coefficient (Wildman–Crippen LogP) is 1.61. The van der Waals surface area contributed by atoms with Gasteiger partial charge in [0.05, 0.1) is 19.3 Å². The van der Waals surface area contributed by atoms with Crippen LogP contribution in [-0.4, -0.2) is 48.4 Å². The second-order valence-corrected chi connectivity index (χ2v) is 8.32. The number of rotatable bonds is 5. The SMILES string of the molecule is Cn1ncc2c(=O)[nH]c(CN3[C@@H]4CC[C@H]3[C@](CO)(Cc3ccccc3)C4)nc21. The Morgan fingerprint density at radius 1 is 1.29 bits per heavy atom. The van der Waals surface area contributed by atoms with E-state index >= 15 is 0 Å². The number of H-pyrrole nitrogens is 1. The Morgan fingerprint density at radius 3 is 2.89 bits per heavy atom. The molecular weight excluding hydrogens is 354 g/mol. The zero-order chi connectivity index (χ0) is 19.3. The van der Waals surface area contributed by atoms with Crippen LogP contribution in [0.3, 0.4) is 0 Å². The van der Waals surface area contributed by atoms with Crippen molar-refractivity contribution < 1.29 is 5.11 Å². The molecule has 0 spiro atoms. The van der Waals surface area contributed by atoms with Gasteiger partial charge in [-0.25, -0.2) is 4.98 Å². The molecule has 2 fully saturated rings. The third kappa shape index (κ3) is 2.69. The van der Waals surface area contributed by atoms with Gasteiger partial charge in [0, 0.05) is 24.5 Å². The summed E-state index contributed by atoms with van der Waals surface area (Å²) >= 11 is 0. The maximum Gasteiger partial charge on any atom is 0.262 e. The van der Waals surface area contributed by atoms with Gasteiger partial charge in [-0.1, -0.05) is 30.3 Å². The molecular formula is C21H25N5O2. The van der Waals surface area contributed by atoms with E-state index in [1.807, 2.05) is 6.07 Å².